The Hall–Kier alpha value is -6.67. The van der Waals surface area contributed by atoms with E-state index >= 15 is 0 Å². The molecule has 2 aromatic heterocycles. The molecule has 0 bridgehead atoms. The number of aromatic nitrogens is 4. The van der Waals surface area contributed by atoms with Gasteiger partial charge in [-0.3, -0.25) is 33.9 Å². The zero-order valence-corrected chi connectivity index (χ0v) is 41.1. The summed E-state index contributed by atoms with van der Waals surface area (Å²) in [5, 5.41) is 20.4. The summed E-state index contributed by atoms with van der Waals surface area (Å²) in [5.41, 5.74) is 11.6. The fraction of sp³-hybridized carbons (Fsp3) is 0.614. The number of fused-ring (bicyclic) bond motifs is 1. The lowest BCUT2D eigenvalue weighted by atomic mass is 10.1. The van der Waals surface area contributed by atoms with Crippen LogP contribution in [0, 0.1) is 0 Å². The molecule has 0 saturated heterocycles. The van der Waals surface area contributed by atoms with Crippen molar-refractivity contribution in [3.8, 4) is 0 Å². The highest BCUT2D eigenvalue weighted by Crippen LogP contribution is 2.26. The van der Waals surface area contributed by atoms with Crippen molar-refractivity contribution in [3.63, 3.8) is 0 Å². The average molecular weight is 1070 g/mol. The highest BCUT2D eigenvalue weighted by atomic mass is 19.4. The maximum Gasteiger partial charge on any atom is 0.471 e. The lowest BCUT2D eigenvalue weighted by Gasteiger charge is -2.24. The van der Waals surface area contributed by atoms with E-state index in [0.29, 0.717) is 117 Å². The Labute approximate surface area is 427 Å². The number of carbonyl (C=O) groups excluding carboxylic acids is 4. The van der Waals surface area contributed by atoms with Gasteiger partial charge in [-0.1, -0.05) is 5.11 Å². The molecule has 0 aliphatic heterocycles. The number of nitrogens with one attached hydrogen (secondary N) is 4. The van der Waals surface area contributed by atoms with Crippen molar-refractivity contribution in [3.05, 3.63) is 62.5 Å². The molecule has 0 aliphatic rings. The standard InChI is InChI=1S/C44H63F3N12O16/c45-44(46,47)42(66)59(30-32-29-52-38-37(54-32)40(63)57-43(48)56-38)33-3-1-31(2-4-33)39(62)55-34(41(64)65)5-6-35(60)50-8-9-51-36(61)7-11-67-13-15-69-17-19-71-21-23-73-25-27-75-28-26-74-24-22-72-20-18-70-16-14-68-12-10-53-58-49/h1-4,29,34H,5-28,30H2,(H,50,60)(H,51,61)(H,55,62)(H,64,65)(H3,48,52,56,57,63). The maximum atomic E-state index is 13.6. The summed E-state index contributed by atoms with van der Waals surface area (Å²) in [6.07, 6.45) is -4.93. The number of azide groups is 1. The molecule has 75 heavy (non-hydrogen) atoms. The first-order valence-electron chi connectivity index (χ1n) is 23.5. The summed E-state index contributed by atoms with van der Waals surface area (Å²) in [6.45, 7) is 6.41. The molecule has 7 N–H and O–H groups in total. The second-order valence-corrected chi connectivity index (χ2v) is 15.2. The molecule has 3 aromatic rings. The van der Waals surface area contributed by atoms with Gasteiger partial charge >= 0.3 is 18.1 Å². The fourth-order valence-electron chi connectivity index (χ4n) is 5.97. The Morgan fingerprint density at radius 1 is 0.720 bits per heavy atom. The number of alkyl halides is 3. The van der Waals surface area contributed by atoms with E-state index in [1.807, 2.05) is 0 Å². The van der Waals surface area contributed by atoms with Crippen molar-refractivity contribution in [2.24, 2.45) is 5.11 Å². The third-order valence-corrected chi connectivity index (χ3v) is 9.62. The van der Waals surface area contributed by atoms with Gasteiger partial charge in [0.1, 0.15) is 6.04 Å². The van der Waals surface area contributed by atoms with Crippen LogP contribution in [0.1, 0.15) is 35.3 Å². The number of hydrogen-bond donors (Lipinski definition) is 6. The second-order valence-electron chi connectivity index (χ2n) is 15.2. The first-order valence-corrected chi connectivity index (χ1v) is 23.5. The van der Waals surface area contributed by atoms with Crippen LogP contribution in [0.4, 0.5) is 24.8 Å². The lowest BCUT2D eigenvalue weighted by molar-refractivity contribution is -0.170. The molecule has 1 aromatic carbocycles. The number of nitrogens with two attached hydrogens (primary N) is 1. The number of nitrogens with zero attached hydrogens (tertiary/aromatic N) is 7. The molecule has 0 saturated carbocycles. The van der Waals surface area contributed by atoms with Crippen LogP contribution in [-0.4, -0.2) is 205 Å². The number of benzene rings is 1. The molecule has 0 aliphatic carbocycles. The summed E-state index contributed by atoms with van der Waals surface area (Å²) in [7, 11) is 0. The Morgan fingerprint density at radius 3 is 1.65 bits per heavy atom. The predicted octanol–water partition coefficient (Wildman–Crippen LogP) is 0.436. The smallest absolute Gasteiger partial charge is 0.471 e. The van der Waals surface area contributed by atoms with Crippen molar-refractivity contribution < 1.29 is 84.9 Å². The quantitative estimate of drug-likeness (QED) is 0.0194. The summed E-state index contributed by atoms with van der Waals surface area (Å²) >= 11 is 0. The molecule has 3 rings (SSSR count). The number of ether oxygens (including phenoxy) is 9. The number of rotatable bonds is 42. The van der Waals surface area contributed by atoms with E-state index in [0.717, 1.165) is 30.5 Å². The van der Waals surface area contributed by atoms with E-state index < -0.39 is 48.0 Å². The first kappa shape index (κ1) is 62.6. The second kappa shape index (κ2) is 37.1. The van der Waals surface area contributed by atoms with E-state index in [9.17, 15) is 47.0 Å². The number of amides is 4. The van der Waals surface area contributed by atoms with Crippen LogP contribution in [0.3, 0.4) is 0 Å². The van der Waals surface area contributed by atoms with Gasteiger partial charge in [-0.2, -0.15) is 18.2 Å². The molecular formula is C44H63F3N12O16. The van der Waals surface area contributed by atoms with Gasteiger partial charge in [0.25, 0.3) is 11.5 Å². The van der Waals surface area contributed by atoms with E-state index in [-0.39, 0.29) is 85.5 Å². The van der Waals surface area contributed by atoms with Crippen LogP contribution in [0.15, 0.2) is 40.4 Å². The highest BCUT2D eigenvalue weighted by Gasteiger charge is 2.43. The third kappa shape index (κ3) is 27.4. The number of H-pyrrole nitrogens is 1. The van der Waals surface area contributed by atoms with E-state index in [2.05, 4.69) is 45.9 Å². The molecule has 4 amide bonds. The summed E-state index contributed by atoms with van der Waals surface area (Å²) < 4.78 is 89.5. The van der Waals surface area contributed by atoms with Crippen molar-refractivity contribution >= 4 is 52.4 Å². The van der Waals surface area contributed by atoms with Gasteiger partial charge in [-0.15, -0.1) is 0 Å². The van der Waals surface area contributed by atoms with Crippen molar-refractivity contribution in [1.82, 2.24) is 35.9 Å². The van der Waals surface area contributed by atoms with Gasteiger partial charge in [0, 0.05) is 48.6 Å². The van der Waals surface area contributed by atoms with E-state index in [1.54, 1.807) is 0 Å². The monoisotopic (exact) mass is 1070 g/mol. The first-order chi connectivity index (χ1) is 36.2. The molecule has 2 heterocycles. The number of anilines is 2. The minimum atomic E-state index is -5.34. The Balaban J connectivity index is 1.15. The van der Waals surface area contributed by atoms with Gasteiger partial charge < -0.3 is 69.4 Å². The third-order valence-electron chi connectivity index (χ3n) is 9.62. The van der Waals surface area contributed by atoms with E-state index in [4.69, 9.17) is 53.9 Å². The van der Waals surface area contributed by atoms with Gasteiger partial charge in [-0.05, 0) is 36.2 Å². The highest BCUT2D eigenvalue weighted by molar-refractivity contribution is 5.99. The molecule has 416 valence electrons. The minimum Gasteiger partial charge on any atom is -0.480 e. The molecule has 1 atom stereocenters. The van der Waals surface area contributed by atoms with Crippen LogP contribution < -0.4 is 32.1 Å². The Bertz CT molecular complexity index is 2300. The van der Waals surface area contributed by atoms with Crippen molar-refractivity contribution in [1.29, 1.82) is 0 Å². The number of aliphatic carboxylic acids is 1. The summed E-state index contributed by atoms with van der Waals surface area (Å²) in [5.74, 6) is -5.85. The van der Waals surface area contributed by atoms with Gasteiger partial charge in [0.2, 0.25) is 17.8 Å². The molecular weight excluding hydrogens is 1010 g/mol. The topological polar surface area (TPSA) is 374 Å². The van der Waals surface area contributed by atoms with Gasteiger partial charge in [0.15, 0.2) is 11.2 Å². The van der Waals surface area contributed by atoms with Gasteiger partial charge in [-0.25, -0.2) is 14.8 Å². The van der Waals surface area contributed by atoms with Crippen LogP contribution in [0.5, 0.6) is 0 Å². The number of hydrogen-bond acceptors (Lipinski definition) is 20. The number of carboxylic acids is 1. The van der Waals surface area contributed by atoms with E-state index in [1.165, 1.54) is 0 Å². The lowest BCUT2D eigenvalue weighted by Crippen LogP contribution is -2.42. The maximum absolute atomic E-state index is 13.6. The molecule has 31 heteroatoms. The van der Waals surface area contributed by atoms with Crippen LogP contribution >= 0.6 is 0 Å². The average Bonchev–Trinajstić information content (AvgIpc) is 3.38. The zero-order chi connectivity index (χ0) is 54.5. The Kier molecular flexibility index (Phi) is 31.0. The molecule has 0 fully saturated rings. The SMILES string of the molecule is [N-]=[N+]=NCCOCCOCCOCCOCCOCCOCCOCCOCCOCCC(=O)NCCNC(=O)CCC(NC(=O)c1ccc(N(Cc2cnc3nc(N)[nH]c(=O)c3n2)C(=O)C(F)(F)F)cc1)C(=O)O. The van der Waals surface area contributed by atoms with Crippen LogP contribution in [0.25, 0.3) is 21.6 Å². The van der Waals surface area contributed by atoms with Crippen molar-refractivity contribution in [2.75, 3.05) is 149 Å². The molecule has 0 radical (unpaired) electrons. The van der Waals surface area contributed by atoms with Gasteiger partial charge in [0.05, 0.1) is 137 Å². The van der Waals surface area contributed by atoms with Crippen molar-refractivity contribution in [2.45, 2.75) is 38.0 Å². The zero-order valence-electron chi connectivity index (χ0n) is 41.1. The number of carbonyl (C=O) groups is 5. The molecule has 0 spiro atoms. The van der Waals surface area contributed by atoms with Crippen LogP contribution in [-0.2, 0) is 68.4 Å². The summed E-state index contributed by atoms with van der Waals surface area (Å²) in [6, 6.07) is 2.63. The van der Waals surface area contributed by atoms with Crippen LogP contribution in [0.2, 0.25) is 0 Å². The number of carboxylic acid groups (broad SMARTS) is 1. The predicted molar refractivity (Wildman–Crippen MR) is 256 cm³/mol. The normalized spacial score (nSPS) is 11.7. The number of aromatic amines is 1. The fourth-order valence-corrected chi connectivity index (χ4v) is 5.97. The minimum absolute atomic E-state index is 0.0279. The Morgan fingerprint density at radius 2 is 1.19 bits per heavy atom. The number of nitrogen functional groups attached to an aromatic ring is 1. The number of halogens is 3. The molecule has 1 unspecified atom stereocenters. The molecule has 28 nitrogen and oxygen atoms in total. The summed E-state index contributed by atoms with van der Waals surface area (Å²) in [4.78, 5) is 90.8. The largest absolute Gasteiger partial charge is 0.480 e.